The summed E-state index contributed by atoms with van der Waals surface area (Å²) in [5.74, 6) is 1.04. The number of likely N-dealkylation sites (tertiary alicyclic amines) is 1. The Balaban J connectivity index is 1.74. The fraction of sp³-hybridized carbons (Fsp3) is 0.611. The van der Waals surface area contributed by atoms with Crippen LogP contribution in [0.5, 0.6) is 0 Å². The first-order valence-electron chi connectivity index (χ1n) is 9.23. The number of hydrogen-bond donors (Lipinski definition) is 2. The number of nitrogens with one attached hydrogen (secondary N) is 2. The summed E-state index contributed by atoms with van der Waals surface area (Å²) in [6.45, 7) is 5.59. The second-order valence-corrected chi connectivity index (χ2v) is 7.13. The highest BCUT2D eigenvalue weighted by atomic mass is 16.2. The minimum Gasteiger partial charge on any atom is -0.362 e. The molecule has 0 bridgehead atoms. The number of carbonyl (C=O) groups excluding carboxylic acids is 2. The number of aromatic nitrogens is 2. The SMILES string of the molecule is Cc1nn2c(c1C(=O)N1CCCC1)NCC(=O)C=C2C1CCNCC1. The van der Waals surface area contributed by atoms with Crippen LogP contribution in [0.25, 0.3) is 5.70 Å². The molecule has 0 aliphatic carbocycles. The topological polar surface area (TPSA) is 79.3 Å². The summed E-state index contributed by atoms with van der Waals surface area (Å²) in [5, 5.41) is 11.2. The van der Waals surface area contributed by atoms with Crippen molar-refractivity contribution < 1.29 is 9.59 Å². The van der Waals surface area contributed by atoms with E-state index in [9.17, 15) is 9.59 Å². The van der Waals surface area contributed by atoms with Crippen molar-refractivity contribution in [1.82, 2.24) is 20.0 Å². The van der Waals surface area contributed by atoms with E-state index in [-0.39, 0.29) is 24.2 Å². The van der Waals surface area contributed by atoms with Gasteiger partial charge in [0.1, 0.15) is 11.4 Å². The van der Waals surface area contributed by atoms with Crippen LogP contribution in [0.1, 0.15) is 41.7 Å². The number of fused-ring (bicyclic) bond motifs is 1. The second-order valence-electron chi connectivity index (χ2n) is 7.13. The van der Waals surface area contributed by atoms with Crippen LogP contribution in [0.15, 0.2) is 6.08 Å². The van der Waals surface area contributed by atoms with Crippen molar-refractivity contribution in [2.75, 3.05) is 38.0 Å². The molecule has 7 nitrogen and oxygen atoms in total. The third-order valence-corrected chi connectivity index (χ3v) is 5.41. The Labute approximate surface area is 147 Å². The van der Waals surface area contributed by atoms with Crippen LogP contribution in [0.2, 0.25) is 0 Å². The van der Waals surface area contributed by atoms with Gasteiger partial charge in [0, 0.05) is 25.1 Å². The number of amides is 1. The summed E-state index contributed by atoms with van der Waals surface area (Å²) >= 11 is 0. The number of anilines is 1. The van der Waals surface area contributed by atoms with Gasteiger partial charge in [0.15, 0.2) is 5.78 Å². The van der Waals surface area contributed by atoms with Crippen LogP contribution in [-0.4, -0.2) is 59.1 Å². The van der Waals surface area contributed by atoms with E-state index in [1.54, 1.807) is 6.08 Å². The third kappa shape index (κ3) is 2.97. The predicted octanol–water partition coefficient (Wildman–Crippen LogP) is 1.26. The fourth-order valence-electron chi connectivity index (χ4n) is 4.07. The Bertz CT molecular complexity index is 724. The maximum Gasteiger partial charge on any atom is 0.259 e. The summed E-state index contributed by atoms with van der Waals surface area (Å²) in [7, 11) is 0. The molecule has 3 aliphatic heterocycles. The smallest absolute Gasteiger partial charge is 0.259 e. The molecule has 0 saturated carbocycles. The molecule has 0 spiro atoms. The lowest BCUT2D eigenvalue weighted by atomic mass is 9.93. The van der Waals surface area contributed by atoms with Gasteiger partial charge in [-0.15, -0.1) is 0 Å². The average molecular weight is 343 g/mol. The summed E-state index contributed by atoms with van der Waals surface area (Å²) in [6.07, 6.45) is 5.79. The first-order chi connectivity index (χ1) is 12.1. The van der Waals surface area contributed by atoms with Crippen molar-refractivity contribution in [3.05, 3.63) is 17.3 Å². The van der Waals surface area contributed by atoms with Gasteiger partial charge in [-0.05, 0) is 45.7 Å². The molecule has 1 aromatic rings. The van der Waals surface area contributed by atoms with Crippen LogP contribution in [0.4, 0.5) is 5.82 Å². The van der Waals surface area contributed by atoms with Gasteiger partial charge in [-0.25, -0.2) is 4.68 Å². The Morgan fingerprint density at radius 3 is 2.68 bits per heavy atom. The molecule has 4 rings (SSSR count). The van der Waals surface area contributed by atoms with Gasteiger partial charge in [0.2, 0.25) is 0 Å². The molecule has 2 saturated heterocycles. The monoisotopic (exact) mass is 343 g/mol. The van der Waals surface area contributed by atoms with Crippen LogP contribution < -0.4 is 10.6 Å². The molecule has 0 radical (unpaired) electrons. The van der Waals surface area contributed by atoms with Gasteiger partial charge >= 0.3 is 0 Å². The van der Waals surface area contributed by atoms with E-state index in [2.05, 4.69) is 15.7 Å². The molecule has 1 amide bonds. The molecule has 0 atom stereocenters. The molecule has 134 valence electrons. The van der Waals surface area contributed by atoms with E-state index >= 15 is 0 Å². The standard InChI is InChI=1S/C18H25N5O2/c1-12-16(18(25)22-8-2-3-9-22)17-20-11-14(24)10-15(23(17)21-12)13-4-6-19-7-5-13/h10,13,19-20H,2-9,11H2,1H3. The molecular formula is C18H25N5O2. The lowest BCUT2D eigenvalue weighted by Gasteiger charge is -2.25. The van der Waals surface area contributed by atoms with Gasteiger partial charge in [-0.1, -0.05) is 0 Å². The van der Waals surface area contributed by atoms with E-state index in [4.69, 9.17) is 0 Å². The minimum atomic E-state index is 0.0303. The molecule has 2 N–H and O–H groups in total. The molecule has 7 heteroatoms. The second kappa shape index (κ2) is 6.63. The van der Waals surface area contributed by atoms with Crippen molar-refractivity contribution in [1.29, 1.82) is 0 Å². The predicted molar refractivity (Wildman–Crippen MR) is 95.5 cm³/mol. The number of allylic oxidation sites excluding steroid dienone is 1. The number of piperidine rings is 1. The van der Waals surface area contributed by atoms with E-state index in [1.807, 2.05) is 16.5 Å². The molecule has 1 aromatic heterocycles. The maximum atomic E-state index is 13.0. The molecule has 0 unspecified atom stereocenters. The van der Waals surface area contributed by atoms with E-state index in [1.165, 1.54) is 0 Å². The Morgan fingerprint density at radius 2 is 1.96 bits per heavy atom. The van der Waals surface area contributed by atoms with Crippen molar-refractivity contribution >= 4 is 23.2 Å². The van der Waals surface area contributed by atoms with Gasteiger partial charge in [0.05, 0.1) is 17.9 Å². The van der Waals surface area contributed by atoms with Crippen LogP contribution in [0, 0.1) is 12.8 Å². The largest absolute Gasteiger partial charge is 0.362 e. The lowest BCUT2D eigenvalue weighted by Crippen LogP contribution is -2.30. The van der Waals surface area contributed by atoms with Crippen molar-refractivity contribution in [3.63, 3.8) is 0 Å². The summed E-state index contributed by atoms with van der Waals surface area (Å²) in [5.41, 5.74) is 2.28. The quantitative estimate of drug-likeness (QED) is 0.845. The van der Waals surface area contributed by atoms with Crippen molar-refractivity contribution in [2.24, 2.45) is 5.92 Å². The summed E-state index contributed by atoms with van der Waals surface area (Å²) < 4.78 is 1.82. The Kier molecular flexibility index (Phi) is 4.33. The number of nitrogens with zero attached hydrogens (tertiary/aromatic N) is 3. The highest BCUT2D eigenvalue weighted by Crippen LogP contribution is 2.33. The molecular weight excluding hydrogens is 318 g/mol. The number of aryl methyl sites for hydroxylation is 1. The molecule has 3 aliphatic rings. The highest BCUT2D eigenvalue weighted by Gasteiger charge is 2.32. The minimum absolute atomic E-state index is 0.0303. The first kappa shape index (κ1) is 16.3. The van der Waals surface area contributed by atoms with Crippen LogP contribution >= 0.6 is 0 Å². The summed E-state index contributed by atoms with van der Waals surface area (Å²) in [4.78, 5) is 27.1. The number of ketones is 1. The highest BCUT2D eigenvalue weighted by molar-refractivity contribution is 6.04. The van der Waals surface area contributed by atoms with Crippen molar-refractivity contribution in [3.8, 4) is 0 Å². The van der Waals surface area contributed by atoms with Gasteiger partial charge in [0.25, 0.3) is 5.91 Å². The van der Waals surface area contributed by atoms with Crippen LogP contribution in [-0.2, 0) is 4.79 Å². The van der Waals surface area contributed by atoms with Crippen molar-refractivity contribution in [2.45, 2.75) is 32.6 Å². The average Bonchev–Trinajstić information content (AvgIpc) is 3.23. The normalized spacial score (nSPS) is 21.6. The van der Waals surface area contributed by atoms with Gasteiger partial charge in [-0.3, -0.25) is 9.59 Å². The Morgan fingerprint density at radius 1 is 1.24 bits per heavy atom. The molecule has 2 fully saturated rings. The molecule has 25 heavy (non-hydrogen) atoms. The van der Waals surface area contributed by atoms with Gasteiger partial charge in [-0.2, -0.15) is 5.10 Å². The molecule has 0 aromatic carbocycles. The number of rotatable bonds is 2. The third-order valence-electron chi connectivity index (χ3n) is 5.41. The van der Waals surface area contributed by atoms with E-state index in [0.717, 1.165) is 63.3 Å². The molecule has 4 heterocycles. The first-order valence-corrected chi connectivity index (χ1v) is 9.23. The van der Waals surface area contributed by atoms with Crippen LogP contribution in [0.3, 0.4) is 0 Å². The zero-order chi connectivity index (χ0) is 17.4. The fourth-order valence-corrected chi connectivity index (χ4v) is 4.07. The number of hydrogen-bond acceptors (Lipinski definition) is 5. The number of carbonyl (C=O) groups is 2. The Hall–Kier alpha value is -2.15. The van der Waals surface area contributed by atoms with E-state index in [0.29, 0.717) is 11.4 Å². The van der Waals surface area contributed by atoms with Gasteiger partial charge < -0.3 is 15.5 Å². The zero-order valence-electron chi connectivity index (χ0n) is 14.7. The van der Waals surface area contributed by atoms with E-state index < -0.39 is 0 Å². The zero-order valence-corrected chi connectivity index (χ0v) is 14.7. The summed E-state index contributed by atoms with van der Waals surface area (Å²) in [6, 6.07) is 0. The maximum absolute atomic E-state index is 13.0. The lowest BCUT2D eigenvalue weighted by molar-refractivity contribution is -0.113.